The van der Waals surface area contributed by atoms with Crippen molar-refractivity contribution >= 4 is 11.3 Å². The molecule has 1 aliphatic rings. The zero-order chi connectivity index (χ0) is 26.4. The third-order valence-electron chi connectivity index (χ3n) is 7.66. The molecule has 3 aromatic heterocycles. The Labute approximate surface area is 229 Å². The molecule has 0 spiro atoms. The van der Waals surface area contributed by atoms with Crippen LogP contribution in [0.5, 0.6) is 5.75 Å². The van der Waals surface area contributed by atoms with Crippen LogP contribution in [0.1, 0.15) is 48.6 Å². The van der Waals surface area contributed by atoms with Gasteiger partial charge in [-0.3, -0.25) is 9.38 Å². The number of nitrogens with zero attached hydrogens (tertiary/aromatic N) is 4. The van der Waals surface area contributed by atoms with E-state index in [2.05, 4.69) is 44.0 Å². The molecule has 0 bridgehead atoms. The van der Waals surface area contributed by atoms with Crippen LogP contribution in [0.4, 0.5) is 5.82 Å². The highest BCUT2D eigenvalue weighted by Gasteiger charge is 2.27. The first kappa shape index (κ1) is 25.1. The van der Waals surface area contributed by atoms with Crippen molar-refractivity contribution < 1.29 is 4.74 Å². The Hall–Kier alpha value is -4.23. The van der Waals surface area contributed by atoms with E-state index in [1.807, 2.05) is 61.1 Å². The van der Waals surface area contributed by atoms with Gasteiger partial charge in [-0.25, -0.2) is 9.97 Å². The standard InChI is InChI=1S/C32H34N6O/c33-31-30-29(27-9-4-10-28(18-27)39-22-24-6-2-1-3-7-24)37-32(38(30)17-16-36-31)26-13-11-23(12-14-26)19-35-21-25-8-5-15-34-20-25/h1-10,15-18,20,23,26,35H,11-14,19,21-22H2,(H2,33,36). The van der Waals surface area contributed by atoms with E-state index in [1.165, 1.54) is 18.4 Å². The molecule has 6 rings (SSSR count). The fourth-order valence-electron chi connectivity index (χ4n) is 5.60. The average molecular weight is 519 g/mol. The van der Waals surface area contributed by atoms with Crippen LogP contribution in [0.25, 0.3) is 16.8 Å². The number of aromatic nitrogens is 4. The molecular weight excluding hydrogens is 484 g/mol. The van der Waals surface area contributed by atoms with Crippen molar-refractivity contribution in [2.75, 3.05) is 12.3 Å². The summed E-state index contributed by atoms with van der Waals surface area (Å²) in [6.07, 6.45) is 12.1. The Morgan fingerprint density at radius 2 is 1.77 bits per heavy atom. The average Bonchev–Trinajstić information content (AvgIpc) is 3.39. The summed E-state index contributed by atoms with van der Waals surface area (Å²) in [4.78, 5) is 13.8. The molecule has 0 atom stereocenters. The smallest absolute Gasteiger partial charge is 0.150 e. The zero-order valence-electron chi connectivity index (χ0n) is 22.0. The van der Waals surface area contributed by atoms with Gasteiger partial charge in [-0.2, -0.15) is 0 Å². The van der Waals surface area contributed by atoms with Gasteiger partial charge < -0.3 is 15.8 Å². The summed E-state index contributed by atoms with van der Waals surface area (Å²) >= 11 is 0. The molecule has 2 aromatic carbocycles. The van der Waals surface area contributed by atoms with Crippen LogP contribution < -0.4 is 15.8 Å². The highest BCUT2D eigenvalue weighted by Crippen LogP contribution is 2.38. The SMILES string of the molecule is Nc1nccn2c(C3CCC(CNCc4cccnc4)CC3)nc(-c3cccc(OCc4ccccc4)c3)c12. The molecule has 3 heterocycles. The van der Waals surface area contributed by atoms with Crippen molar-refractivity contribution in [1.29, 1.82) is 0 Å². The number of hydrogen-bond acceptors (Lipinski definition) is 6. The number of nitrogens with two attached hydrogens (primary N) is 1. The van der Waals surface area contributed by atoms with E-state index in [-0.39, 0.29) is 0 Å². The Bertz CT molecular complexity index is 1510. The topological polar surface area (TPSA) is 90.4 Å². The minimum Gasteiger partial charge on any atom is -0.489 e. The first-order valence-electron chi connectivity index (χ1n) is 13.7. The van der Waals surface area contributed by atoms with Crippen molar-refractivity contribution in [3.05, 3.63) is 108 Å². The number of anilines is 1. The molecule has 0 aliphatic heterocycles. The molecule has 0 amide bonds. The van der Waals surface area contributed by atoms with E-state index < -0.39 is 0 Å². The van der Waals surface area contributed by atoms with E-state index in [0.717, 1.165) is 59.8 Å². The maximum Gasteiger partial charge on any atom is 0.150 e. The second kappa shape index (κ2) is 11.7. The van der Waals surface area contributed by atoms with Gasteiger partial charge >= 0.3 is 0 Å². The minimum absolute atomic E-state index is 0.389. The molecule has 0 saturated heterocycles. The van der Waals surface area contributed by atoms with Gasteiger partial charge in [0, 0.05) is 42.8 Å². The number of pyridine rings is 1. The zero-order valence-corrected chi connectivity index (χ0v) is 22.0. The van der Waals surface area contributed by atoms with E-state index in [9.17, 15) is 0 Å². The van der Waals surface area contributed by atoms with Crippen LogP contribution in [0.15, 0.2) is 91.5 Å². The molecule has 3 N–H and O–H groups in total. The van der Waals surface area contributed by atoms with Gasteiger partial charge in [0.1, 0.15) is 35.2 Å². The quantitative estimate of drug-likeness (QED) is 0.248. The summed E-state index contributed by atoms with van der Waals surface area (Å²) in [5.41, 5.74) is 11.5. The van der Waals surface area contributed by atoms with E-state index >= 15 is 0 Å². The maximum absolute atomic E-state index is 6.42. The lowest BCUT2D eigenvalue weighted by atomic mass is 9.81. The molecule has 1 aliphatic carbocycles. The fourth-order valence-corrected chi connectivity index (χ4v) is 5.60. The summed E-state index contributed by atoms with van der Waals surface area (Å²) < 4.78 is 8.25. The lowest BCUT2D eigenvalue weighted by Crippen LogP contribution is -2.26. The first-order valence-corrected chi connectivity index (χ1v) is 13.7. The number of hydrogen-bond donors (Lipinski definition) is 2. The third kappa shape index (κ3) is 5.78. The summed E-state index contributed by atoms with van der Waals surface area (Å²) in [6.45, 7) is 2.41. The second-order valence-corrected chi connectivity index (χ2v) is 10.4. The molecule has 198 valence electrons. The van der Waals surface area contributed by atoms with Crippen LogP contribution >= 0.6 is 0 Å². The summed E-state index contributed by atoms with van der Waals surface area (Å²) in [7, 11) is 0. The van der Waals surface area contributed by atoms with Crippen molar-refractivity contribution in [2.45, 2.75) is 44.8 Å². The van der Waals surface area contributed by atoms with Gasteiger partial charge in [0.2, 0.25) is 0 Å². The molecule has 5 aromatic rings. The van der Waals surface area contributed by atoms with Crippen LogP contribution in [0.3, 0.4) is 0 Å². The molecule has 0 radical (unpaired) electrons. The van der Waals surface area contributed by atoms with Crippen LogP contribution in [-0.2, 0) is 13.2 Å². The fraction of sp³-hybridized carbons (Fsp3) is 0.281. The lowest BCUT2D eigenvalue weighted by molar-refractivity contribution is 0.306. The predicted octanol–water partition coefficient (Wildman–Crippen LogP) is 6.02. The van der Waals surface area contributed by atoms with E-state index in [4.69, 9.17) is 15.5 Å². The van der Waals surface area contributed by atoms with E-state index in [1.54, 1.807) is 6.20 Å². The minimum atomic E-state index is 0.389. The lowest BCUT2D eigenvalue weighted by Gasteiger charge is -2.28. The molecular formula is C32H34N6O. The Morgan fingerprint density at radius 3 is 2.59 bits per heavy atom. The summed E-state index contributed by atoms with van der Waals surface area (Å²) in [5, 5.41) is 3.62. The van der Waals surface area contributed by atoms with Gasteiger partial charge in [-0.05, 0) is 67.5 Å². The highest BCUT2D eigenvalue weighted by atomic mass is 16.5. The van der Waals surface area contributed by atoms with Crippen LogP contribution in [0.2, 0.25) is 0 Å². The van der Waals surface area contributed by atoms with Gasteiger partial charge in [0.15, 0.2) is 0 Å². The second-order valence-electron chi connectivity index (χ2n) is 10.4. The van der Waals surface area contributed by atoms with Crippen molar-refractivity contribution in [3.63, 3.8) is 0 Å². The van der Waals surface area contributed by atoms with Crippen LogP contribution in [-0.4, -0.2) is 25.9 Å². The monoisotopic (exact) mass is 518 g/mol. The Balaban J connectivity index is 1.17. The van der Waals surface area contributed by atoms with Crippen molar-refractivity contribution in [3.8, 4) is 17.0 Å². The molecule has 0 unspecified atom stereocenters. The summed E-state index contributed by atoms with van der Waals surface area (Å²) in [6, 6.07) is 22.4. The van der Waals surface area contributed by atoms with Crippen LogP contribution in [0, 0.1) is 5.92 Å². The molecule has 7 nitrogen and oxygen atoms in total. The number of ether oxygens (including phenoxy) is 1. The van der Waals surface area contributed by atoms with Crippen molar-refractivity contribution in [1.82, 2.24) is 24.7 Å². The molecule has 7 heteroatoms. The first-order chi connectivity index (χ1) is 19.2. The van der Waals surface area contributed by atoms with Gasteiger partial charge in [0.25, 0.3) is 0 Å². The largest absolute Gasteiger partial charge is 0.489 e. The number of fused-ring (bicyclic) bond motifs is 1. The number of nitrogens with one attached hydrogen (secondary N) is 1. The summed E-state index contributed by atoms with van der Waals surface area (Å²) in [5.74, 6) is 3.44. The predicted molar refractivity (Wildman–Crippen MR) is 154 cm³/mol. The molecule has 1 saturated carbocycles. The Morgan fingerprint density at radius 1 is 0.923 bits per heavy atom. The van der Waals surface area contributed by atoms with Gasteiger partial charge in [0.05, 0.1) is 0 Å². The molecule has 39 heavy (non-hydrogen) atoms. The van der Waals surface area contributed by atoms with Crippen molar-refractivity contribution in [2.24, 2.45) is 5.92 Å². The number of imidazole rings is 1. The number of nitrogen functional groups attached to an aromatic ring is 1. The normalized spacial score (nSPS) is 17.3. The van der Waals surface area contributed by atoms with E-state index in [0.29, 0.717) is 24.3 Å². The van der Waals surface area contributed by atoms with Gasteiger partial charge in [-0.15, -0.1) is 0 Å². The number of rotatable bonds is 9. The Kier molecular flexibility index (Phi) is 7.50. The third-order valence-corrected chi connectivity index (χ3v) is 7.66. The number of benzene rings is 2. The molecule has 1 fully saturated rings. The highest BCUT2D eigenvalue weighted by molar-refractivity contribution is 5.85. The maximum atomic E-state index is 6.42. The van der Waals surface area contributed by atoms with Gasteiger partial charge in [-0.1, -0.05) is 48.5 Å².